The number of rotatable bonds is 2. The molecule has 1 aliphatic heterocycles. The van der Waals surface area contributed by atoms with Crippen LogP contribution in [0.1, 0.15) is 23.5 Å². The summed E-state index contributed by atoms with van der Waals surface area (Å²) >= 11 is 0. The van der Waals surface area contributed by atoms with Gasteiger partial charge in [0, 0.05) is 17.7 Å². The molecule has 0 saturated heterocycles. The Labute approximate surface area is 158 Å². The third-order valence-electron chi connectivity index (χ3n) is 5.41. The molecule has 0 spiro atoms. The van der Waals surface area contributed by atoms with Gasteiger partial charge in [-0.1, -0.05) is 91.0 Å². The van der Waals surface area contributed by atoms with E-state index in [1.54, 1.807) is 0 Å². The molecule has 1 N–H and O–H groups in total. The number of fused-ring (bicyclic) bond motifs is 3. The normalized spacial score (nSPS) is 16.0. The maximum Gasteiger partial charge on any atom is 0.225 e. The van der Waals surface area contributed by atoms with Crippen molar-refractivity contribution in [2.24, 2.45) is 0 Å². The van der Waals surface area contributed by atoms with E-state index in [1.165, 1.54) is 22.3 Å². The molecule has 0 aromatic heterocycles. The van der Waals surface area contributed by atoms with Crippen LogP contribution in [0.2, 0.25) is 0 Å². The van der Waals surface area contributed by atoms with E-state index in [9.17, 15) is 4.79 Å². The van der Waals surface area contributed by atoms with Gasteiger partial charge in [-0.15, -0.1) is 0 Å². The van der Waals surface area contributed by atoms with Gasteiger partial charge in [0.15, 0.2) is 0 Å². The lowest BCUT2D eigenvalue weighted by Gasteiger charge is -2.28. The Balaban J connectivity index is 1.73. The summed E-state index contributed by atoms with van der Waals surface area (Å²) in [5.41, 5.74) is 5.72. The molecule has 0 radical (unpaired) electrons. The van der Waals surface area contributed by atoms with Gasteiger partial charge >= 0.3 is 0 Å². The lowest BCUT2D eigenvalue weighted by Crippen LogP contribution is -2.24. The molecule has 4 aromatic carbocycles. The zero-order valence-corrected chi connectivity index (χ0v) is 14.9. The topological polar surface area (TPSA) is 29.1 Å². The Morgan fingerprint density at radius 1 is 0.704 bits per heavy atom. The highest BCUT2D eigenvalue weighted by Crippen LogP contribution is 2.43. The minimum atomic E-state index is 0.0507. The maximum absolute atomic E-state index is 12.6. The van der Waals surface area contributed by atoms with Crippen LogP contribution in [0.4, 0.5) is 5.69 Å². The zero-order chi connectivity index (χ0) is 18.2. The van der Waals surface area contributed by atoms with Crippen LogP contribution in [0.15, 0.2) is 91.0 Å². The van der Waals surface area contributed by atoms with Gasteiger partial charge in [-0.3, -0.25) is 4.79 Å². The largest absolute Gasteiger partial charge is 0.325 e. The van der Waals surface area contributed by atoms with E-state index in [-0.39, 0.29) is 11.8 Å². The first-order chi connectivity index (χ1) is 13.3. The number of carbonyl (C=O) groups excluding carboxylic acids is 1. The van der Waals surface area contributed by atoms with Crippen molar-refractivity contribution in [3.05, 3.63) is 102 Å². The Bertz CT molecular complexity index is 1150. The van der Waals surface area contributed by atoms with Crippen LogP contribution in [0.5, 0.6) is 0 Å². The van der Waals surface area contributed by atoms with Crippen LogP contribution < -0.4 is 5.32 Å². The van der Waals surface area contributed by atoms with Gasteiger partial charge in [0.1, 0.15) is 0 Å². The molecule has 4 aromatic rings. The first kappa shape index (κ1) is 15.8. The molecule has 1 atom stereocenters. The Kier molecular flexibility index (Phi) is 3.75. The van der Waals surface area contributed by atoms with Crippen LogP contribution in [-0.4, -0.2) is 5.91 Å². The predicted octanol–water partition coefficient (Wildman–Crippen LogP) is 5.98. The van der Waals surface area contributed by atoms with Crippen LogP contribution in [0.3, 0.4) is 0 Å². The first-order valence-corrected chi connectivity index (χ1v) is 9.27. The number of amides is 1. The van der Waals surface area contributed by atoms with E-state index >= 15 is 0 Å². The van der Waals surface area contributed by atoms with Crippen molar-refractivity contribution < 1.29 is 4.79 Å². The van der Waals surface area contributed by atoms with Crippen LogP contribution in [-0.2, 0) is 4.79 Å². The molecule has 1 unspecified atom stereocenters. The molecule has 130 valence electrons. The van der Waals surface area contributed by atoms with Crippen LogP contribution in [0.25, 0.3) is 21.9 Å². The molecule has 2 heteroatoms. The van der Waals surface area contributed by atoms with Crippen LogP contribution >= 0.6 is 0 Å². The number of carbonyl (C=O) groups is 1. The second-order valence-corrected chi connectivity index (χ2v) is 7.01. The van der Waals surface area contributed by atoms with E-state index in [1.807, 2.05) is 18.2 Å². The summed E-state index contributed by atoms with van der Waals surface area (Å²) in [6.45, 7) is 0. The summed E-state index contributed by atoms with van der Waals surface area (Å²) in [4.78, 5) is 12.6. The number of hydrogen-bond acceptors (Lipinski definition) is 1. The summed E-state index contributed by atoms with van der Waals surface area (Å²) in [6, 6.07) is 31.4. The van der Waals surface area contributed by atoms with E-state index in [2.05, 4.69) is 78.1 Å². The van der Waals surface area contributed by atoms with Gasteiger partial charge in [-0.25, -0.2) is 0 Å². The molecule has 27 heavy (non-hydrogen) atoms. The van der Waals surface area contributed by atoms with Gasteiger partial charge in [-0.2, -0.15) is 0 Å². The fraction of sp³-hybridized carbons (Fsp3) is 0.0800. The van der Waals surface area contributed by atoms with Crippen molar-refractivity contribution in [2.75, 3.05) is 5.32 Å². The second-order valence-electron chi connectivity index (χ2n) is 7.01. The van der Waals surface area contributed by atoms with Crippen molar-refractivity contribution >= 4 is 22.4 Å². The van der Waals surface area contributed by atoms with Crippen molar-refractivity contribution in [3.8, 4) is 11.1 Å². The summed E-state index contributed by atoms with van der Waals surface area (Å²) in [5.74, 6) is 0.126. The predicted molar refractivity (Wildman–Crippen MR) is 111 cm³/mol. The van der Waals surface area contributed by atoms with Gasteiger partial charge in [0.25, 0.3) is 0 Å². The average Bonchev–Trinajstić information content (AvgIpc) is 2.74. The number of anilines is 1. The third-order valence-corrected chi connectivity index (χ3v) is 5.41. The third kappa shape index (κ3) is 2.70. The molecule has 1 heterocycles. The Morgan fingerprint density at radius 3 is 2.33 bits per heavy atom. The fourth-order valence-corrected chi connectivity index (χ4v) is 4.16. The average molecular weight is 349 g/mol. The molecule has 1 aliphatic rings. The van der Waals surface area contributed by atoms with Gasteiger partial charge < -0.3 is 5.32 Å². The molecular weight excluding hydrogens is 330 g/mol. The van der Waals surface area contributed by atoms with Gasteiger partial charge in [0.05, 0.1) is 5.69 Å². The summed E-state index contributed by atoms with van der Waals surface area (Å²) in [6.07, 6.45) is 0.467. The SMILES string of the molecule is O=C1CC(c2ccccc2-c2ccccc2)c2ccc3ccccc3c2N1. The molecule has 2 nitrogen and oxygen atoms in total. The Morgan fingerprint density at radius 2 is 1.44 bits per heavy atom. The quantitative estimate of drug-likeness (QED) is 0.474. The van der Waals surface area contributed by atoms with Crippen molar-refractivity contribution in [3.63, 3.8) is 0 Å². The van der Waals surface area contributed by atoms with Crippen LogP contribution in [0, 0.1) is 0 Å². The molecule has 1 amide bonds. The molecule has 0 bridgehead atoms. The van der Waals surface area contributed by atoms with E-state index < -0.39 is 0 Å². The second kappa shape index (κ2) is 6.40. The van der Waals surface area contributed by atoms with Crippen molar-refractivity contribution in [1.29, 1.82) is 0 Å². The molecular formula is C25H19NO. The highest BCUT2D eigenvalue weighted by Gasteiger charge is 2.29. The highest BCUT2D eigenvalue weighted by atomic mass is 16.1. The minimum absolute atomic E-state index is 0.0507. The van der Waals surface area contributed by atoms with E-state index in [0.717, 1.165) is 16.5 Å². The highest BCUT2D eigenvalue weighted by molar-refractivity contribution is 6.06. The maximum atomic E-state index is 12.6. The summed E-state index contributed by atoms with van der Waals surface area (Å²) < 4.78 is 0. The molecule has 0 saturated carbocycles. The van der Waals surface area contributed by atoms with Gasteiger partial charge in [-0.05, 0) is 27.6 Å². The Hall–Kier alpha value is -3.39. The lowest BCUT2D eigenvalue weighted by atomic mass is 9.80. The fourth-order valence-electron chi connectivity index (χ4n) is 4.16. The zero-order valence-electron chi connectivity index (χ0n) is 14.9. The van der Waals surface area contributed by atoms with E-state index in [0.29, 0.717) is 6.42 Å². The number of nitrogens with one attached hydrogen (secondary N) is 1. The molecule has 0 fully saturated rings. The first-order valence-electron chi connectivity index (χ1n) is 9.27. The van der Waals surface area contributed by atoms with Crippen molar-refractivity contribution in [2.45, 2.75) is 12.3 Å². The lowest BCUT2D eigenvalue weighted by molar-refractivity contribution is -0.116. The minimum Gasteiger partial charge on any atom is -0.325 e. The number of hydrogen-bond donors (Lipinski definition) is 1. The smallest absolute Gasteiger partial charge is 0.225 e. The standard InChI is InChI=1S/C25H19NO/c27-24-16-23(21-13-7-6-11-19(21)17-8-2-1-3-9-17)22-15-14-18-10-4-5-12-20(18)25(22)26-24/h1-15,23H,16H2,(H,26,27). The van der Waals surface area contributed by atoms with Crippen molar-refractivity contribution in [1.82, 2.24) is 0 Å². The van der Waals surface area contributed by atoms with Gasteiger partial charge in [0.2, 0.25) is 5.91 Å². The summed E-state index contributed by atoms with van der Waals surface area (Å²) in [7, 11) is 0. The van der Waals surface area contributed by atoms with E-state index in [4.69, 9.17) is 0 Å². The molecule has 5 rings (SSSR count). The monoisotopic (exact) mass is 349 g/mol. The number of benzene rings is 4. The molecule has 0 aliphatic carbocycles. The summed E-state index contributed by atoms with van der Waals surface area (Å²) in [5, 5.41) is 5.37.